The summed E-state index contributed by atoms with van der Waals surface area (Å²) in [5.41, 5.74) is 0.838. The van der Waals surface area contributed by atoms with Crippen LogP contribution in [0.4, 0.5) is 5.69 Å². The van der Waals surface area contributed by atoms with E-state index in [-0.39, 0.29) is 5.91 Å². The second-order valence-corrected chi connectivity index (χ2v) is 5.52. The normalized spacial score (nSPS) is 11.3. The Morgan fingerprint density at radius 2 is 1.70 bits per heavy atom. The highest BCUT2D eigenvalue weighted by molar-refractivity contribution is 5.92. The molecular weight excluding hydrogens is 250 g/mol. The maximum absolute atomic E-state index is 11.7. The summed E-state index contributed by atoms with van der Waals surface area (Å²) < 4.78 is 0. The van der Waals surface area contributed by atoms with Crippen molar-refractivity contribution in [3.05, 3.63) is 30.3 Å². The van der Waals surface area contributed by atoms with Crippen molar-refractivity contribution in [2.45, 2.75) is 39.8 Å². The Bertz CT molecular complexity index is 382. The van der Waals surface area contributed by atoms with E-state index < -0.39 is 0 Å². The molecule has 0 aliphatic heterocycles. The minimum Gasteiger partial charge on any atom is -0.325 e. The number of amides is 1. The summed E-state index contributed by atoms with van der Waals surface area (Å²) in [6.45, 7) is 10.9. The van der Waals surface area contributed by atoms with Gasteiger partial charge < -0.3 is 10.6 Å². The van der Waals surface area contributed by atoms with Gasteiger partial charge in [0.15, 0.2) is 0 Å². The summed E-state index contributed by atoms with van der Waals surface area (Å²) in [5.74, 6) is -0.00292. The Balaban J connectivity index is 2.22. The van der Waals surface area contributed by atoms with Gasteiger partial charge in [-0.3, -0.25) is 9.69 Å². The molecule has 112 valence electrons. The van der Waals surface area contributed by atoms with Gasteiger partial charge >= 0.3 is 0 Å². The van der Waals surface area contributed by atoms with Crippen molar-refractivity contribution in [3.8, 4) is 0 Å². The van der Waals surface area contributed by atoms with Crippen LogP contribution >= 0.6 is 0 Å². The minimum absolute atomic E-state index is 0.00292. The molecule has 0 saturated heterocycles. The van der Waals surface area contributed by atoms with Gasteiger partial charge in [0, 0.05) is 30.9 Å². The molecule has 4 nitrogen and oxygen atoms in total. The van der Waals surface area contributed by atoms with Crippen LogP contribution in [0.25, 0.3) is 0 Å². The number of carbonyl (C=O) groups excluding carboxylic acids is 1. The fourth-order valence-corrected chi connectivity index (χ4v) is 2.25. The van der Waals surface area contributed by atoms with E-state index in [1.165, 1.54) is 0 Å². The van der Waals surface area contributed by atoms with Gasteiger partial charge in [-0.1, -0.05) is 18.2 Å². The first kappa shape index (κ1) is 16.7. The molecule has 4 heteroatoms. The van der Waals surface area contributed by atoms with E-state index in [0.717, 1.165) is 18.8 Å². The Morgan fingerprint density at radius 1 is 1.10 bits per heavy atom. The smallest absolute Gasteiger partial charge is 0.238 e. The molecule has 1 aromatic rings. The molecule has 0 spiro atoms. The van der Waals surface area contributed by atoms with E-state index in [4.69, 9.17) is 0 Å². The lowest BCUT2D eigenvalue weighted by Crippen LogP contribution is -2.42. The number of hydrogen-bond donors (Lipinski definition) is 2. The molecule has 0 aromatic heterocycles. The van der Waals surface area contributed by atoms with E-state index in [9.17, 15) is 4.79 Å². The van der Waals surface area contributed by atoms with Gasteiger partial charge in [-0.15, -0.1) is 0 Å². The van der Waals surface area contributed by atoms with Gasteiger partial charge in [-0.05, 0) is 39.8 Å². The standard InChI is InChI=1S/C16H27N3O/c1-13(2)19(14(3)4)11-10-17-12-16(20)18-15-8-6-5-7-9-15/h5-9,13-14,17H,10-12H2,1-4H3,(H,18,20). The number of anilines is 1. The minimum atomic E-state index is -0.00292. The lowest BCUT2D eigenvalue weighted by atomic mass is 10.2. The average molecular weight is 277 g/mol. The number of rotatable bonds is 8. The third-order valence-corrected chi connectivity index (χ3v) is 3.22. The molecule has 0 aliphatic carbocycles. The van der Waals surface area contributed by atoms with Gasteiger partial charge in [-0.25, -0.2) is 0 Å². The SMILES string of the molecule is CC(C)N(CCNCC(=O)Nc1ccccc1)C(C)C. The van der Waals surface area contributed by atoms with Crippen LogP contribution in [-0.4, -0.2) is 42.5 Å². The Hall–Kier alpha value is -1.39. The fourth-order valence-electron chi connectivity index (χ4n) is 2.25. The van der Waals surface area contributed by atoms with Crippen LogP contribution in [0.1, 0.15) is 27.7 Å². The van der Waals surface area contributed by atoms with Gasteiger partial charge in [0.25, 0.3) is 0 Å². The summed E-state index contributed by atoms with van der Waals surface area (Å²) in [6, 6.07) is 10.6. The van der Waals surface area contributed by atoms with Crippen LogP contribution in [0.15, 0.2) is 30.3 Å². The van der Waals surface area contributed by atoms with E-state index in [0.29, 0.717) is 18.6 Å². The van der Waals surface area contributed by atoms with Crippen molar-refractivity contribution < 1.29 is 4.79 Å². The van der Waals surface area contributed by atoms with Crippen LogP contribution in [0.3, 0.4) is 0 Å². The van der Waals surface area contributed by atoms with Crippen molar-refractivity contribution >= 4 is 11.6 Å². The number of carbonyl (C=O) groups is 1. The predicted molar refractivity (Wildman–Crippen MR) is 84.9 cm³/mol. The van der Waals surface area contributed by atoms with Crippen LogP contribution in [0, 0.1) is 0 Å². The summed E-state index contributed by atoms with van der Waals surface area (Å²) >= 11 is 0. The summed E-state index contributed by atoms with van der Waals surface area (Å²) in [7, 11) is 0. The maximum Gasteiger partial charge on any atom is 0.238 e. The second kappa shape index (κ2) is 8.72. The first-order valence-corrected chi connectivity index (χ1v) is 7.32. The highest BCUT2D eigenvalue weighted by atomic mass is 16.1. The molecule has 0 fully saturated rings. The lowest BCUT2D eigenvalue weighted by Gasteiger charge is -2.30. The van der Waals surface area contributed by atoms with Crippen molar-refractivity contribution in [3.63, 3.8) is 0 Å². The number of nitrogens with one attached hydrogen (secondary N) is 2. The molecule has 1 rings (SSSR count). The predicted octanol–water partition coefficient (Wildman–Crippen LogP) is 2.33. The first-order chi connectivity index (χ1) is 9.50. The number of benzene rings is 1. The Labute approximate surface area is 122 Å². The molecule has 0 unspecified atom stereocenters. The van der Waals surface area contributed by atoms with Crippen LogP contribution in [0.5, 0.6) is 0 Å². The average Bonchev–Trinajstić information content (AvgIpc) is 2.38. The molecule has 0 bridgehead atoms. The van der Waals surface area contributed by atoms with Crippen LogP contribution in [0.2, 0.25) is 0 Å². The first-order valence-electron chi connectivity index (χ1n) is 7.32. The molecule has 0 saturated carbocycles. The van der Waals surface area contributed by atoms with E-state index in [1.807, 2.05) is 30.3 Å². The zero-order valence-electron chi connectivity index (χ0n) is 13.0. The summed E-state index contributed by atoms with van der Waals surface area (Å²) in [6.07, 6.45) is 0. The van der Waals surface area contributed by atoms with Crippen LogP contribution < -0.4 is 10.6 Å². The maximum atomic E-state index is 11.7. The van der Waals surface area contributed by atoms with Crippen molar-refractivity contribution in [2.24, 2.45) is 0 Å². The highest BCUT2D eigenvalue weighted by Gasteiger charge is 2.12. The van der Waals surface area contributed by atoms with Crippen molar-refractivity contribution in [2.75, 3.05) is 25.0 Å². The lowest BCUT2D eigenvalue weighted by molar-refractivity contribution is -0.115. The molecule has 0 aliphatic rings. The molecule has 1 amide bonds. The van der Waals surface area contributed by atoms with E-state index >= 15 is 0 Å². The zero-order chi connectivity index (χ0) is 15.0. The molecule has 2 N–H and O–H groups in total. The van der Waals surface area contributed by atoms with E-state index in [2.05, 4.69) is 43.2 Å². The third kappa shape index (κ3) is 6.17. The topological polar surface area (TPSA) is 44.4 Å². The fraction of sp³-hybridized carbons (Fsp3) is 0.562. The summed E-state index contributed by atoms with van der Waals surface area (Å²) in [4.78, 5) is 14.1. The number of para-hydroxylation sites is 1. The molecular formula is C16H27N3O. The quantitative estimate of drug-likeness (QED) is 0.717. The van der Waals surface area contributed by atoms with Gasteiger partial charge in [0.2, 0.25) is 5.91 Å². The monoisotopic (exact) mass is 277 g/mol. The van der Waals surface area contributed by atoms with Gasteiger partial charge in [-0.2, -0.15) is 0 Å². The number of nitrogens with zero attached hydrogens (tertiary/aromatic N) is 1. The van der Waals surface area contributed by atoms with Gasteiger partial charge in [0.1, 0.15) is 0 Å². The molecule has 0 heterocycles. The largest absolute Gasteiger partial charge is 0.325 e. The second-order valence-electron chi connectivity index (χ2n) is 5.52. The Kier molecular flexibility index (Phi) is 7.26. The molecule has 0 radical (unpaired) electrons. The molecule has 1 aromatic carbocycles. The molecule has 20 heavy (non-hydrogen) atoms. The van der Waals surface area contributed by atoms with Crippen molar-refractivity contribution in [1.29, 1.82) is 0 Å². The number of hydrogen-bond acceptors (Lipinski definition) is 3. The molecule has 0 atom stereocenters. The summed E-state index contributed by atoms with van der Waals surface area (Å²) in [5, 5.41) is 6.05. The van der Waals surface area contributed by atoms with Crippen LogP contribution in [-0.2, 0) is 4.79 Å². The Morgan fingerprint density at radius 3 is 2.25 bits per heavy atom. The van der Waals surface area contributed by atoms with Crippen molar-refractivity contribution in [1.82, 2.24) is 10.2 Å². The zero-order valence-corrected chi connectivity index (χ0v) is 13.0. The third-order valence-electron chi connectivity index (χ3n) is 3.22. The van der Waals surface area contributed by atoms with Gasteiger partial charge in [0.05, 0.1) is 6.54 Å². The highest BCUT2D eigenvalue weighted by Crippen LogP contribution is 2.04. The van der Waals surface area contributed by atoms with E-state index in [1.54, 1.807) is 0 Å².